The van der Waals surface area contributed by atoms with E-state index in [9.17, 15) is 13.2 Å². The molecule has 2 aliphatic rings. The molecule has 0 N–H and O–H groups in total. The lowest BCUT2D eigenvalue weighted by molar-refractivity contribution is -0.274. The minimum absolute atomic E-state index is 0.109. The fourth-order valence-corrected chi connectivity index (χ4v) is 3.93. The summed E-state index contributed by atoms with van der Waals surface area (Å²) in [6.07, 6.45) is -2.48. The number of alkyl halides is 3. The minimum Gasteiger partial charge on any atom is -0.408 e. The lowest BCUT2D eigenvalue weighted by Crippen LogP contribution is -2.53. The van der Waals surface area contributed by atoms with Crippen LogP contribution in [0.25, 0.3) is 6.08 Å². The summed E-state index contributed by atoms with van der Waals surface area (Å²) < 4.78 is 54.5. The highest BCUT2D eigenvalue weighted by molar-refractivity contribution is 6.83. The topological polar surface area (TPSA) is 30.9 Å². The molecule has 9 heteroatoms. The zero-order valence-corrected chi connectivity index (χ0v) is 17.9. The Morgan fingerprint density at radius 2 is 1.61 bits per heavy atom. The second-order valence-corrected chi connectivity index (χ2v) is 8.82. The number of ether oxygens (including phenoxy) is 1. The van der Waals surface area contributed by atoms with Gasteiger partial charge in [0.25, 0.3) is 0 Å². The van der Waals surface area contributed by atoms with Gasteiger partial charge in [-0.25, -0.2) is 0 Å². The molecule has 2 aromatic carbocycles. The van der Waals surface area contributed by atoms with Gasteiger partial charge in [-0.05, 0) is 51.5 Å². The van der Waals surface area contributed by atoms with Crippen LogP contribution in [0, 0.1) is 0 Å². The molecule has 0 aromatic heterocycles. The molecule has 4 rings (SSSR count). The van der Waals surface area contributed by atoms with E-state index in [0.29, 0.717) is 12.0 Å². The number of benzene rings is 2. The number of halogens is 3. The van der Waals surface area contributed by atoms with Crippen molar-refractivity contribution in [3.05, 3.63) is 60.1 Å². The third-order valence-electron chi connectivity index (χ3n) is 6.12. The van der Waals surface area contributed by atoms with Crippen LogP contribution in [0.1, 0.15) is 33.3 Å². The van der Waals surface area contributed by atoms with Crippen LogP contribution < -0.4 is 15.0 Å². The first kappa shape index (κ1) is 21.8. The van der Waals surface area contributed by atoms with Crippen molar-refractivity contribution in [2.75, 3.05) is 11.3 Å². The molecule has 0 aliphatic carbocycles. The van der Waals surface area contributed by atoms with E-state index < -0.39 is 24.7 Å². The van der Waals surface area contributed by atoms with Gasteiger partial charge in [-0.1, -0.05) is 47.8 Å². The van der Waals surface area contributed by atoms with E-state index in [1.165, 1.54) is 12.1 Å². The van der Waals surface area contributed by atoms with Crippen molar-refractivity contribution >= 4 is 31.2 Å². The highest BCUT2D eigenvalue weighted by Crippen LogP contribution is 2.38. The first-order valence-electron chi connectivity index (χ1n) is 10.2. The minimum atomic E-state index is -4.73. The van der Waals surface area contributed by atoms with Gasteiger partial charge in [-0.3, -0.25) is 0 Å². The Morgan fingerprint density at radius 3 is 2.23 bits per heavy atom. The monoisotopic (exact) mass is 429 g/mol. The Morgan fingerprint density at radius 1 is 0.968 bits per heavy atom. The predicted molar refractivity (Wildman–Crippen MR) is 117 cm³/mol. The number of rotatable bonds is 4. The van der Waals surface area contributed by atoms with E-state index in [4.69, 9.17) is 9.31 Å². The van der Waals surface area contributed by atoms with Crippen molar-refractivity contribution in [1.82, 2.24) is 0 Å². The van der Waals surface area contributed by atoms with Crippen molar-refractivity contribution in [3.63, 3.8) is 0 Å². The summed E-state index contributed by atoms with van der Waals surface area (Å²) in [5, 5.41) is 0. The number of hydrogen-bond donors (Lipinski definition) is 0. The van der Waals surface area contributed by atoms with Gasteiger partial charge in [0.15, 0.2) is 0 Å². The average molecular weight is 429 g/mol. The molecule has 2 heterocycles. The fraction of sp³-hybridized carbons (Fsp3) is 0.364. The van der Waals surface area contributed by atoms with Gasteiger partial charge < -0.3 is 18.9 Å². The second kappa shape index (κ2) is 7.64. The molecule has 4 nitrogen and oxygen atoms in total. The summed E-state index contributed by atoms with van der Waals surface area (Å²) in [4.78, 5) is 2.10. The van der Waals surface area contributed by atoms with Gasteiger partial charge in [0.1, 0.15) is 5.75 Å². The number of fused-ring (bicyclic) bond motifs is 1. The summed E-state index contributed by atoms with van der Waals surface area (Å²) in [5.41, 5.74) is 1.56. The predicted octanol–water partition coefficient (Wildman–Crippen LogP) is 4.49. The lowest BCUT2D eigenvalue weighted by Gasteiger charge is -2.35. The molecule has 0 radical (unpaired) electrons. The quantitative estimate of drug-likeness (QED) is 0.671. The molecular formula is C22H24B2F3NO3. The maximum Gasteiger partial charge on any atom is 0.573 e. The van der Waals surface area contributed by atoms with Crippen LogP contribution in [0.15, 0.2) is 54.5 Å². The van der Waals surface area contributed by atoms with Crippen molar-refractivity contribution < 1.29 is 27.2 Å². The lowest BCUT2D eigenvalue weighted by atomic mass is 9.51. The molecule has 31 heavy (non-hydrogen) atoms. The largest absolute Gasteiger partial charge is 0.573 e. The molecule has 0 spiro atoms. The van der Waals surface area contributed by atoms with Crippen molar-refractivity contribution in [2.45, 2.75) is 45.3 Å². The van der Waals surface area contributed by atoms with Crippen molar-refractivity contribution in [3.8, 4) is 5.75 Å². The fourth-order valence-electron chi connectivity index (χ4n) is 3.93. The van der Waals surface area contributed by atoms with Crippen molar-refractivity contribution in [2.24, 2.45) is 0 Å². The highest BCUT2D eigenvalue weighted by atomic mass is 19.4. The zero-order valence-electron chi connectivity index (χ0n) is 17.9. The van der Waals surface area contributed by atoms with Crippen LogP contribution in [-0.2, 0) is 9.31 Å². The standard InChI is InChI=1S/C22H24B2F3NO3/c1-20(2)21(3,4)31-24(30-20)15-28-19-11-10-18(29-22(25,26)27)14-16(19)12-13-23(28)17-8-6-5-7-9-17/h5-14H,15H2,1-4H3. The Balaban J connectivity index is 1.68. The van der Waals surface area contributed by atoms with E-state index in [1.54, 1.807) is 6.07 Å². The first-order chi connectivity index (χ1) is 14.5. The van der Waals surface area contributed by atoms with E-state index in [1.807, 2.05) is 70.1 Å². The Bertz CT molecular complexity index is 964. The maximum atomic E-state index is 12.7. The van der Waals surface area contributed by atoms with Crippen LogP contribution in [0.2, 0.25) is 0 Å². The third-order valence-corrected chi connectivity index (χ3v) is 6.12. The average Bonchev–Trinajstić information content (AvgIpc) is 2.87. The third kappa shape index (κ3) is 4.48. The van der Waals surface area contributed by atoms with Crippen LogP contribution in [0.3, 0.4) is 0 Å². The maximum absolute atomic E-state index is 12.7. The molecule has 1 saturated heterocycles. The van der Waals surface area contributed by atoms with E-state index >= 15 is 0 Å². The van der Waals surface area contributed by atoms with Crippen LogP contribution >= 0.6 is 0 Å². The number of hydrogen-bond acceptors (Lipinski definition) is 4. The smallest absolute Gasteiger partial charge is 0.408 e. The number of anilines is 1. The van der Waals surface area contributed by atoms with Gasteiger partial charge in [0, 0.05) is 12.1 Å². The molecule has 0 unspecified atom stereocenters. The molecule has 0 amide bonds. The summed E-state index contributed by atoms with van der Waals surface area (Å²) in [6.45, 7) is 7.86. The normalized spacial score (nSPS) is 19.5. The molecule has 0 bridgehead atoms. The van der Waals surface area contributed by atoms with E-state index in [0.717, 1.165) is 11.2 Å². The van der Waals surface area contributed by atoms with Gasteiger partial charge in [0.05, 0.1) is 11.2 Å². The molecule has 1 fully saturated rings. The second-order valence-electron chi connectivity index (χ2n) is 8.82. The van der Waals surface area contributed by atoms with E-state index in [-0.39, 0.29) is 12.6 Å². The molecule has 162 valence electrons. The Kier molecular flexibility index (Phi) is 5.38. The molecule has 2 aliphatic heterocycles. The van der Waals surface area contributed by atoms with Crippen LogP contribution in [0.5, 0.6) is 5.75 Å². The van der Waals surface area contributed by atoms with Crippen molar-refractivity contribution in [1.29, 1.82) is 0 Å². The molecular weight excluding hydrogens is 405 g/mol. The van der Waals surface area contributed by atoms with Gasteiger partial charge in [-0.15, -0.1) is 13.2 Å². The summed E-state index contributed by atoms with van der Waals surface area (Å²) in [7, 11) is -0.485. The van der Waals surface area contributed by atoms with E-state index in [2.05, 4.69) is 9.55 Å². The van der Waals surface area contributed by atoms with Crippen LogP contribution in [-0.4, -0.2) is 38.0 Å². The number of nitrogens with zero attached hydrogens (tertiary/aromatic N) is 1. The first-order valence-corrected chi connectivity index (χ1v) is 10.2. The molecule has 0 saturated carbocycles. The SMILES string of the molecule is CC1(C)OB(CN2B(c3ccccc3)C=Cc3cc(OC(F)(F)F)ccc32)OC1(C)C. The van der Waals surface area contributed by atoms with Gasteiger partial charge in [-0.2, -0.15) is 0 Å². The highest BCUT2D eigenvalue weighted by Gasteiger charge is 2.52. The molecule has 2 aromatic rings. The van der Waals surface area contributed by atoms with Crippen LogP contribution in [0.4, 0.5) is 18.9 Å². The molecule has 0 atom stereocenters. The van der Waals surface area contributed by atoms with Gasteiger partial charge in [0.2, 0.25) is 0 Å². The Labute approximate surface area is 181 Å². The zero-order chi connectivity index (χ0) is 22.4. The summed E-state index contributed by atoms with van der Waals surface area (Å²) >= 11 is 0. The Hall–Kier alpha value is -2.38. The summed E-state index contributed by atoms with van der Waals surface area (Å²) in [5.74, 6) is 1.73. The summed E-state index contributed by atoms with van der Waals surface area (Å²) in [6, 6.07) is 14.3. The van der Waals surface area contributed by atoms with Gasteiger partial charge >= 0.3 is 20.3 Å².